The van der Waals surface area contributed by atoms with Crippen LogP contribution in [-0.2, 0) is 0 Å². The fourth-order valence-corrected chi connectivity index (χ4v) is 2.81. The number of hydrogen-bond donors (Lipinski definition) is 1. The topological polar surface area (TPSA) is 28.2 Å². The van der Waals surface area contributed by atoms with Gasteiger partial charge in [-0.2, -0.15) is 0 Å². The third kappa shape index (κ3) is 3.66. The van der Waals surface area contributed by atoms with E-state index in [-0.39, 0.29) is 5.82 Å². The number of rotatable bonds is 5. The van der Waals surface area contributed by atoms with Crippen LogP contribution in [0.4, 0.5) is 10.1 Å². The van der Waals surface area contributed by atoms with Gasteiger partial charge in [0.05, 0.1) is 11.9 Å². The molecule has 104 valence electrons. The van der Waals surface area contributed by atoms with E-state index < -0.39 is 0 Å². The Labute approximate surface area is 114 Å². The summed E-state index contributed by atoms with van der Waals surface area (Å²) in [7, 11) is 0. The van der Waals surface area contributed by atoms with E-state index in [0.29, 0.717) is 11.6 Å². The third-order valence-corrected chi connectivity index (χ3v) is 4.27. The molecule has 3 nitrogen and oxygen atoms in total. The Hall–Kier alpha value is -1.16. The number of halogens is 1. The highest BCUT2D eigenvalue weighted by atomic mass is 19.1. The van der Waals surface area contributed by atoms with Crippen molar-refractivity contribution in [2.24, 2.45) is 11.8 Å². The number of anilines is 1. The lowest BCUT2D eigenvalue weighted by atomic mass is 9.96. The van der Waals surface area contributed by atoms with E-state index in [1.807, 2.05) is 0 Å². The Kier molecular flexibility index (Phi) is 3.97. The maximum atomic E-state index is 13.4. The maximum absolute atomic E-state index is 13.4. The van der Waals surface area contributed by atoms with Crippen LogP contribution < -0.4 is 5.32 Å². The van der Waals surface area contributed by atoms with Crippen molar-refractivity contribution in [3.05, 3.63) is 24.3 Å². The number of piperidine rings is 1. The first-order chi connectivity index (χ1) is 9.31. The van der Waals surface area contributed by atoms with Gasteiger partial charge in [0.1, 0.15) is 0 Å². The molecule has 1 aromatic heterocycles. The number of nitrogens with one attached hydrogen (secondary N) is 1. The minimum atomic E-state index is -0.256. The van der Waals surface area contributed by atoms with Gasteiger partial charge >= 0.3 is 0 Å². The summed E-state index contributed by atoms with van der Waals surface area (Å²) in [5.41, 5.74) is 0.579. The van der Waals surface area contributed by atoms with E-state index in [2.05, 4.69) is 15.2 Å². The summed E-state index contributed by atoms with van der Waals surface area (Å²) in [6, 6.07) is 1.71. The van der Waals surface area contributed by atoms with Crippen LogP contribution in [0.25, 0.3) is 0 Å². The SMILES string of the molecule is Fc1cnccc1NCC1CCN(CC2CC2)CC1. The Morgan fingerprint density at radius 1 is 1.21 bits per heavy atom. The van der Waals surface area contributed by atoms with Crippen molar-refractivity contribution in [1.82, 2.24) is 9.88 Å². The van der Waals surface area contributed by atoms with Gasteiger partial charge in [0, 0.05) is 19.3 Å². The molecule has 1 N–H and O–H groups in total. The van der Waals surface area contributed by atoms with Crippen LogP contribution in [0.2, 0.25) is 0 Å². The summed E-state index contributed by atoms with van der Waals surface area (Å²) in [4.78, 5) is 6.36. The summed E-state index contributed by atoms with van der Waals surface area (Å²) < 4.78 is 13.4. The molecule has 4 heteroatoms. The van der Waals surface area contributed by atoms with Gasteiger partial charge in [-0.25, -0.2) is 4.39 Å². The lowest BCUT2D eigenvalue weighted by Crippen LogP contribution is -2.37. The van der Waals surface area contributed by atoms with E-state index in [1.54, 1.807) is 12.3 Å². The zero-order chi connectivity index (χ0) is 13.1. The van der Waals surface area contributed by atoms with Gasteiger partial charge in [-0.15, -0.1) is 0 Å². The average molecular weight is 263 g/mol. The predicted molar refractivity (Wildman–Crippen MR) is 74.6 cm³/mol. The summed E-state index contributed by atoms with van der Waals surface area (Å²) >= 11 is 0. The van der Waals surface area contributed by atoms with Gasteiger partial charge < -0.3 is 10.2 Å². The van der Waals surface area contributed by atoms with Gasteiger partial charge in [-0.05, 0) is 56.7 Å². The van der Waals surface area contributed by atoms with Crippen LogP contribution in [0, 0.1) is 17.7 Å². The summed E-state index contributed by atoms with van der Waals surface area (Å²) in [5, 5.41) is 3.22. The molecule has 1 saturated heterocycles. The maximum Gasteiger partial charge on any atom is 0.164 e. The van der Waals surface area contributed by atoms with E-state index >= 15 is 0 Å². The van der Waals surface area contributed by atoms with E-state index in [9.17, 15) is 4.39 Å². The number of pyridine rings is 1. The Morgan fingerprint density at radius 3 is 2.68 bits per heavy atom. The normalized spacial score (nSPS) is 21.5. The summed E-state index contributed by atoms with van der Waals surface area (Å²) in [5.74, 6) is 1.40. The molecule has 0 amide bonds. The minimum Gasteiger partial charge on any atom is -0.382 e. The monoisotopic (exact) mass is 263 g/mol. The van der Waals surface area contributed by atoms with Gasteiger partial charge in [-0.3, -0.25) is 4.98 Å². The number of aromatic nitrogens is 1. The second-order valence-corrected chi connectivity index (χ2v) is 5.92. The third-order valence-electron chi connectivity index (χ3n) is 4.27. The fourth-order valence-electron chi connectivity index (χ4n) is 2.81. The largest absolute Gasteiger partial charge is 0.382 e. The van der Waals surface area contributed by atoms with Crippen molar-refractivity contribution < 1.29 is 4.39 Å². The second-order valence-electron chi connectivity index (χ2n) is 5.92. The molecule has 1 aliphatic carbocycles. The molecule has 1 saturated carbocycles. The smallest absolute Gasteiger partial charge is 0.164 e. The first-order valence-electron chi connectivity index (χ1n) is 7.37. The standard InChI is InChI=1S/C15H22FN3/c16-14-10-17-6-3-15(14)18-9-12-4-7-19(8-5-12)11-13-1-2-13/h3,6,10,12-13H,1-2,4-5,7-9,11H2,(H,17,18). The molecule has 0 spiro atoms. The molecule has 0 aromatic carbocycles. The first kappa shape index (κ1) is 12.9. The molecular formula is C15H22FN3. The van der Waals surface area contributed by atoms with Crippen molar-refractivity contribution in [2.45, 2.75) is 25.7 Å². The van der Waals surface area contributed by atoms with Gasteiger partial charge in [0.25, 0.3) is 0 Å². The van der Waals surface area contributed by atoms with Crippen LogP contribution in [0.1, 0.15) is 25.7 Å². The molecule has 2 fully saturated rings. The van der Waals surface area contributed by atoms with E-state index in [4.69, 9.17) is 0 Å². The summed E-state index contributed by atoms with van der Waals surface area (Å²) in [6.45, 7) is 4.60. The highest BCUT2D eigenvalue weighted by Gasteiger charge is 2.26. The zero-order valence-electron chi connectivity index (χ0n) is 11.3. The number of likely N-dealkylation sites (tertiary alicyclic amines) is 1. The zero-order valence-corrected chi connectivity index (χ0v) is 11.3. The van der Waals surface area contributed by atoms with Crippen molar-refractivity contribution in [1.29, 1.82) is 0 Å². The van der Waals surface area contributed by atoms with Crippen LogP contribution in [-0.4, -0.2) is 36.1 Å². The first-order valence-corrected chi connectivity index (χ1v) is 7.37. The van der Waals surface area contributed by atoms with Crippen LogP contribution in [0.15, 0.2) is 18.5 Å². The Bertz CT molecular complexity index is 412. The van der Waals surface area contributed by atoms with Gasteiger partial charge in [-0.1, -0.05) is 0 Å². The quantitative estimate of drug-likeness (QED) is 0.885. The molecule has 0 radical (unpaired) electrons. The molecule has 0 bridgehead atoms. The highest BCUT2D eigenvalue weighted by molar-refractivity contribution is 5.42. The van der Waals surface area contributed by atoms with Crippen LogP contribution in [0.3, 0.4) is 0 Å². The molecule has 1 aromatic rings. The van der Waals surface area contributed by atoms with Crippen molar-refractivity contribution in [3.8, 4) is 0 Å². The molecule has 0 unspecified atom stereocenters. The molecule has 0 atom stereocenters. The van der Waals surface area contributed by atoms with E-state index in [0.717, 1.165) is 12.5 Å². The second kappa shape index (κ2) is 5.87. The van der Waals surface area contributed by atoms with E-state index in [1.165, 1.54) is 51.5 Å². The molecular weight excluding hydrogens is 241 g/mol. The Morgan fingerprint density at radius 2 is 2.00 bits per heavy atom. The van der Waals surface area contributed by atoms with Crippen LogP contribution >= 0.6 is 0 Å². The van der Waals surface area contributed by atoms with Crippen molar-refractivity contribution in [3.63, 3.8) is 0 Å². The van der Waals surface area contributed by atoms with Gasteiger partial charge in [0.15, 0.2) is 5.82 Å². The minimum absolute atomic E-state index is 0.256. The Balaban J connectivity index is 1.41. The number of hydrogen-bond acceptors (Lipinski definition) is 3. The summed E-state index contributed by atoms with van der Waals surface area (Å²) in [6.07, 6.45) is 8.22. The molecule has 19 heavy (non-hydrogen) atoms. The number of nitrogens with zero attached hydrogens (tertiary/aromatic N) is 2. The average Bonchev–Trinajstić information content (AvgIpc) is 3.24. The van der Waals surface area contributed by atoms with Gasteiger partial charge in [0.2, 0.25) is 0 Å². The molecule has 1 aliphatic heterocycles. The van der Waals surface area contributed by atoms with Crippen molar-refractivity contribution >= 4 is 5.69 Å². The fraction of sp³-hybridized carbons (Fsp3) is 0.667. The molecule has 3 rings (SSSR count). The lowest BCUT2D eigenvalue weighted by Gasteiger charge is -2.32. The lowest BCUT2D eigenvalue weighted by molar-refractivity contribution is 0.183. The molecule has 2 heterocycles. The van der Waals surface area contributed by atoms with Crippen LogP contribution in [0.5, 0.6) is 0 Å². The predicted octanol–water partition coefficient (Wildman–Crippen LogP) is 2.75. The van der Waals surface area contributed by atoms with Crippen molar-refractivity contribution in [2.75, 3.05) is 31.5 Å². The molecule has 2 aliphatic rings. The highest BCUT2D eigenvalue weighted by Crippen LogP contribution is 2.31.